The molecule has 0 aromatic heterocycles. The van der Waals surface area contributed by atoms with Gasteiger partial charge in [-0.05, 0) is 32.2 Å². The van der Waals surface area contributed by atoms with Crippen LogP contribution in [0.15, 0.2) is 0 Å². The fourth-order valence-corrected chi connectivity index (χ4v) is 3.30. The Morgan fingerprint density at radius 3 is 2.12 bits per heavy atom. The van der Waals surface area contributed by atoms with Gasteiger partial charge in [0.1, 0.15) is 0 Å². The summed E-state index contributed by atoms with van der Waals surface area (Å²) in [5, 5.41) is 3.56. The lowest BCUT2D eigenvalue weighted by Gasteiger charge is -2.22. The summed E-state index contributed by atoms with van der Waals surface area (Å²) in [6.45, 7) is 2.29. The van der Waals surface area contributed by atoms with Crippen LogP contribution in [0.5, 0.6) is 0 Å². The molecule has 1 atom stereocenters. The van der Waals surface area contributed by atoms with Crippen LogP contribution in [0.4, 0.5) is 0 Å². The van der Waals surface area contributed by atoms with Crippen molar-refractivity contribution in [3.63, 3.8) is 0 Å². The lowest BCUT2D eigenvalue weighted by molar-refractivity contribution is 0.348. The van der Waals surface area contributed by atoms with Crippen molar-refractivity contribution in [3.8, 4) is 0 Å². The Morgan fingerprint density at radius 2 is 1.53 bits per heavy atom. The summed E-state index contributed by atoms with van der Waals surface area (Å²) in [6.07, 6.45) is 17.4. The highest BCUT2D eigenvalue weighted by Crippen LogP contribution is 2.29. The van der Waals surface area contributed by atoms with Crippen LogP contribution in [0.1, 0.15) is 84.0 Å². The van der Waals surface area contributed by atoms with Crippen molar-refractivity contribution < 1.29 is 0 Å². The van der Waals surface area contributed by atoms with Gasteiger partial charge in [0.05, 0.1) is 0 Å². The Hall–Kier alpha value is -0.0400. The predicted molar refractivity (Wildman–Crippen MR) is 77.4 cm³/mol. The van der Waals surface area contributed by atoms with Gasteiger partial charge < -0.3 is 5.32 Å². The number of rotatable bonds is 10. The summed E-state index contributed by atoms with van der Waals surface area (Å²) >= 11 is 0. The van der Waals surface area contributed by atoms with Crippen LogP contribution in [-0.2, 0) is 0 Å². The Labute approximate surface area is 109 Å². The van der Waals surface area contributed by atoms with E-state index in [1.807, 2.05) is 0 Å². The van der Waals surface area contributed by atoms with Crippen molar-refractivity contribution in [2.24, 2.45) is 5.92 Å². The summed E-state index contributed by atoms with van der Waals surface area (Å²) in [7, 11) is 2.16. The second-order valence-corrected chi connectivity index (χ2v) is 5.85. The van der Waals surface area contributed by atoms with Gasteiger partial charge in [0.15, 0.2) is 0 Å². The van der Waals surface area contributed by atoms with Crippen LogP contribution >= 0.6 is 0 Å². The monoisotopic (exact) mass is 239 g/mol. The van der Waals surface area contributed by atoms with Crippen molar-refractivity contribution in [1.82, 2.24) is 5.32 Å². The molecule has 1 aliphatic rings. The smallest absolute Gasteiger partial charge is 0.00923 e. The molecule has 1 nitrogen and oxygen atoms in total. The molecule has 0 aromatic rings. The number of hydrogen-bond donors (Lipinski definition) is 1. The summed E-state index contributed by atoms with van der Waals surface area (Å²) in [5.41, 5.74) is 0. The number of hydrogen-bond acceptors (Lipinski definition) is 1. The third kappa shape index (κ3) is 6.45. The first-order valence-electron chi connectivity index (χ1n) is 8.05. The van der Waals surface area contributed by atoms with E-state index in [0.29, 0.717) is 0 Å². The molecule has 1 fully saturated rings. The summed E-state index contributed by atoms with van der Waals surface area (Å²) < 4.78 is 0. The van der Waals surface area contributed by atoms with Gasteiger partial charge in [-0.3, -0.25) is 0 Å². The van der Waals surface area contributed by atoms with Gasteiger partial charge in [0, 0.05) is 6.04 Å². The molecule has 0 amide bonds. The summed E-state index contributed by atoms with van der Waals surface area (Å²) in [5.74, 6) is 0.986. The van der Waals surface area contributed by atoms with Crippen molar-refractivity contribution in [1.29, 1.82) is 0 Å². The van der Waals surface area contributed by atoms with Gasteiger partial charge in [-0.1, -0.05) is 64.7 Å². The molecule has 17 heavy (non-hydrogen) atoms. The standard InChI is InChI=1S/C16H33N/c1-3-4-5-6-7-8-9-14-16(17-2)15-12-10-11-13-15/h15-17H,3-14H2,1-2H3. The van der Waals surface area contributed by atoms with Gasteiger partial charge >= 0.3 is 0 Å². The van der Waals surface area contributed by atoms with Gasteiger partial charge in [0.25, 0.3) is 0 Å². The molecule has 1 heteroatoms. The first-order valence-corrected chi connectivity index (χ1v) is 8.05. The zero-order valence-electron chi connectivity index (χ0n) is 12.1. The van der Waals surface area contributed by atoms with Crippen LogP contribution in [-0.4, -0.2) is 13.1 Å². The highest BCUT2D eigenvalue weighted by Gasteiger charge is 2.22. The maximum Gasteiger partial charge on any atom is 0.00923 e. The number of unbranched alkanes of at least 4 members (excludes halogenated alkanes) is 6. The molecule has 0 aliphatic heterocycles. The minimum atomic E-state index is 0.813. The minimum Gasteiger partial charge on any atom is -0.317 e. The van der Waals surface area contributed by atoms with E-state index in [4.69, 9.17) is 0 Å². The van der Waals surface area contributed by atoms with Gasteiger partial charge in [-0.2, -0.15) is 0 Å². The largest absolute Gasteiger partial charge is 0.317 e. The maximum atomic E-state index is 3.56. The average molecular weight is 239 g/mol. The summed E-state index contributed by atoms with van der Waals surface area (Å²) in [4.78, 5) is 0. The lowest BCUT2D eigenvalue weighted by atomic mass is 9.93. The van der Waals surface area contributed by atoms with E-state index in [2.05, 4.69) is 19.3 Å². The molecule has 0 saturated heterocycles. The van der Waals surface area contributed by atoms with Crippen LogP contribution in [0, 0.1) is 5.92 Å². The van der Waals surface area contributed by atoms with Crippen LogP contribution < -0.4 is 5.32 Å². The van der Waals surface area contributed by atoms with Crippen molar-refractivity contribution in [3.05, 3.63) is 0 Å². The Bertz CT molecular complexity index is 161. The Balaban J connectivity index is 1.96. The van der Waals surface area contributed by atoms with Crippen molar-refractivity contribution in [2.45, 2.75) is 90.0 Å². The predicted octanol–water partition coefficient (Wildman–Crippen LogP) is 4.91. The molecule has 0 bridgehead atoms. The first kappa shape index (κ1) is 15.0. The fourth-order valence-electron chi connectivity index (χ4n) is 3.30. The van der Waals surface area contributed by atoms with Gasteiger partial charge in [-0.25, -0.2) is 0 Å². The average Bonchev–Trinajstić information content (AvgIpc) is 2.86. The molecule has 0 heterocycles. The van der Waals surface area contributed by atoms with E-state index in [0.717, 1.165) is 12.0 Å². The van der Waals surface area contributed by atoms with Gasteiger partial charge in [-0.15, -0.1) is 0 Å². The van der Waals surface area contributed by atoms with Crippen LogP contribution in [0.2, 0.25) is 0 Å². The fraction of sp³-hybridized carbons (Fsp3) is 1.00. The van der Waals surface area contributed by atoms with Crippen LogP contribution in [0.3, 0.4) is 0 Å². The third-order valence-electron chi connectivity index (χ3n) is 4.46. The SMILES string of the molecule is CCCCCCCCCC(NC)C1CCCC1. The zero-order valence-corrected chi connectivity index (χ0v) is 12.1. The molecule has 1 rings (SSSR count). The Morgan fingerprint density at radius 1 is 0.941 bits per heavy atom. The molecule has 1 aliphatic carbocycles. The maximum absolute atomic E-state index is 3.56. The molecule has 0 aromatic carbocycles. The van der Waals surface area contributed by atoms with E-state index in [1.165, 1.54) is 77.0 Å². The molecule has 0 radical (unpaired) electrons. The molecular formula is C16H33N. The first-order chi connectivity index (χ1) is 8.38. The molecule has 0 spiro atoms. The van der Waals surface area contributed by atoms with E-state index in [-0.39, 0.29) is 0 Å². The zero-order chi connectivity index (χ0) is 12.3. The summed E-state index contributed by atoms with van der Waals surface area (Å²) in [6, 6.07) is 0.813. The topological polar surface area (TPSA) is 12.0 Å². The number of nitrogens with one attached hydrogen (secondary N) is 1. The van der Waals surface area contributed by atoms with Crippen molar-refractivity contribution in [2.75, 3.05) is 7.05 Å². The Kier molecular flexibility index (Phi) is 8.78. The van der Waals surface area contributed by atoms with E-state index < -0.39 is 0 Å². The van der Waals surface area contributed by atoms with E-state index in [9.17, 15) is 0 Å². The second-order valence-electron chi connectivity index (χ2n) is 5.85. The van der Waals surface area contributed by atoms with Crippen molar-refractivity contribution >= 4 is 0 Å². The van der Waals surface area contributed by atoms with Crippen LogP contribution in [0.25, 0.3) is 0 Å². The minimum absolute atomic E-state index is 0.813. The quantitative estimate of drug-likeness (QED) is 0.534. The normalized spacial score (nSPS) is 18.7. The molecule has 102 valence electrons. The third-order valence-corrected chi connectivity index (χ3v) is 4.46. The molecule has 1 unspecified atom stereocenters. The highest BCUT2D eigenvalue weighted by atomic mass is 14.9. The molecule has 1 N–H and O–H groups in total. The highest BCUT2D eigenvalue weighted by molar-refractivity contribution is 4.79. The van der Waals surface area contributed by atoms with Gasteiger partial charge in [0.2, 0.25) is 0 Å². The second kappa shape index (κ2) is 9.94. The molecule has 1 saturated carbocycles. The van der Waals surface area contributed by atoms with E-state index >= 15 is 0 Å². The lowest BCUT2D eigenvalue weighted by Crippen LogP contribution is -2.32. The van der Waals surface area contributed by atoms with E-state index in [1.54, 1.807) is 0 Å². The molecular weight excluding hydrogens is 206 g/mol.